The minimum Gasteiger partial charge on any atom is -0.502 e. The first-order valence-corrected chi connectivity index (χ1v) is 7.40. The van der Waals surface area contributed by atoms with E-state index in [-0.39, 0.29) is 11.5 Å². The van der Waals surface area contributed by atoms with Crippen molar-refractivity contribution >= 4 is 22.9 Å². The molecule has 0 unspecified atom stereocenters. The largest absolute Gasteiger partial charge is 0.502 e. The zero-order valence-electron chi connectivity index (χ0n) is 12.1. The van der Waals surface area contributed by atoms with Crippen molar-refractivity contribution < 1.29 is 14.8 Å². The third-order valence-corrected chi connectivity index (χ3v) is 4.19. The summed E-state index contributed by atoms with van der Waals surface area (Å²) in [6.45, 7) is 2.41. The first-order valence-electron chi connectivity index (χ1n) is 6.58. The van der Waals surface area contributed by atoms with Gasteiger partial charge in [-0.25, -0.2) is 4.98 Å². The van der Waals surface area contributed by atoms with Crippen LogP contribution in [0.4, 0.5) is 5.69 Å². The maximum Gasteiger partial charge on any atom is 0.310 e. The van der Waals surface area contributed by atoms with E-state index in [0.29, 0.717) is 6.54 Å². The van der Waals surface area contributed by atoms with Gasteiger partial charge in [0.1, 0.15) is 0 Å². The molecule has 1 amide bonds. The summed E-state index contributed by atoms with van der Waals surface area (Å²) < 4.78 is 0. The van der Waals surface area contributed by atoms with Crippen molar-refractivity contribution in [2.45, 2.75) is 19.9 Å². The van der Waals surface area contributed by atoms with Gasteiger partial charge in [0.05, 0.1) is 16.5 Å². The number of benzene rings is 1. The van der Waals surface area contributed by atoms with E-state index in [9.17, 15) is 20.0 Å². The Bertz CT molecular complexity index is 714. The van der Waals surface area contributed by atoms with E-state index in [1.807, 2.05) is 6.92 Å². The van der Waals surface area contributed by atoms with Gasteiger partial charge in [0.25, 0.3) is 5.91 Å². The van der Waals surface area contributed by atoms with Crippen molar-refractivity contribution in [1.29, 1.82) is 0 Å². The first kappa shape index (κ1) is 15.9. The molecule has 7 nitrogen and oxygen atoms in total. The predicted octanol–water partition coefficient (Wildman–Crippen LogP) is 2.59. The van der Waals surface area contributed by atoms with E-state index in [2.05, 4.69) is 4.98 Å². The zero-order chi connectivity index (χ0) is 16.3. The predicted molar refractivity (Wildman–Crippen MR) is 82.1 cm³/mol. The normalized spacial score (nSPS) is 10.5. The maximum atomic E-state index is 12.3. The van der Waals surface area contributed by atoms with Crippen LogP contribution in [0.25, 0.3) is 0 Å². The Morgan fingerprint density at radius 1 is 1.50 bits per heavy atom. The summed E-state index contributed by atoms with van der Waals surface area (Å²) in [6, 6.07) is 3.57. The number of phenols is 1. The van der Waals surface area contributed by atoms with Crippen LogP contribution in [0.3, 0.4) is 0 Å². The van der Waals surface area contributed by atoms with Gasteiger partial charge >= 0.3 is 5.69 Å². The summed E-state index contributed by atoms with van der Waals surface area (Å²) in [5.41, 5.74) is -0.222. The number of aromatic hydroxyl groups is 1. The van der Waals surface area contributed by atoms with Gasteiger partial charge in [-0.1, -0.05) is 6.92 Å². The fourth-order valence-electron chi connectivity index (χ4n) is 1.92. The summed E-state index contributed by atoms with van der Waals surface area (Å²) in [5.74, 6) is -0.841. The van der Waals surface area contributed by atoms with Crippen LogP contribution in [0.2, 0.25) is 0 Å². The number of nitro benzene ring substituents is 1. The van der Waals surface area contributed by atoms with Gasteiger partial charge in [-0.3, -0.25) is 14.9 Å². The Morgan fingerprint density at radius 3 is 2.77 bits per heavy atom. The first-order chi connectivity index (χ1) is 10.4. The fraction of sp³-hybridized carbons (Fsp3) is 0.286. The number of hydrogen-bond acceptors (Lipinski definition) is 6. The van der Waals surface area contributed by atoms with Gasteiger partial charge in [0, 0.05) is 29.8 Å². The van der Waals surface area contributed by atoms with Crippen LogP contribution < -0.4 is 0 Å². The minimum absolute atomic E-state index is 0.200. The van der Waals surface area contributed by atoms with Gasteiger partial charge in [-0.2, -0.15) is 0 Å². The number of aromatic nitrogens is 1. The lowest BCUT2D eigenvalue weighted by Gasteiger charge is -2.16. The van der Waals surface area contributed by atoms with E-state index in [1.54, 1.807) is 13.2 Å². The molecule has 2 rings (SSSR count). The van der Waals surface area contributed by atoms with Crippen molar-refractivity contribution in [3.8, 4) is 5.75 Å². The summed E-state index contributed by atoms with van der Waals surface area (Å²) in [5, 5.41) is 21.3. The van der Waals surface area contributed by atoms with Crippen LogP contribution in [0.5, 0.6) is 5.75 Å². The van der Waals surface area contributed by atoms with E-state index < -0.39 is 16.4 Å². The lowest BCUT2D eigenvalue weighted by Crippen LogP contribution is -2.25. The second-order valence-electron chi connectivity index (χ2n) is 4.70. The molecule has 22 heavy (non-hydrogen) atoms. The Labute approximate surface area is 131 Å². The number of rotatable bonds is 5. The number of carbonyl (C=O) groups excluding carboxylic acids is 1. The van der Waals surface area contributed by atoms with Crippen molar-refractivity contribution in [3.63, 3.8) is 0 Å². The number of aryl methyl sites for hydroxylation is 1. The van der Waals surface area contributed by atoms with Gasteiger partial charge in [-0.05, 0) is 18.6 Å². The maximum absolute atomic E-state index is 12.3. The van der Waals surface area contributed by atoms with E-state index in [1.165, 1.54) is 22.3 Å². The SMILES string of the molecule is CCc1ncc(CN(C)C(=O)c2ccc([N+](=O)[O-])c(O)c2)s1. The lowest BCUT2D eigenvalue weighted by molar-refractivity contribution is -0.385. The van der Waals surface area contributed by atoms with Gasteiger partial charge in [0.15, 0.2) is 5.75 Å². The molecule has 1 aromatic heterocycles. The van der Waals surface area contributed by atoms with E-state index in [4.69, 9.17) is 0 Å². The molecule has 1 N–H and O–H groups in total. The van der Waals surface area contributed by atoms with Crippen LogP contribution in [-0.4, -0.2) is 32.9 Å². The lowest BCUT2D eigenvalue weighted by atomic mass is 10.1. The Balaban J connectivity index is 2.13. The number of hydrogen-bond donors (Lipinski definition) is 1. The topological polar surface area (TPSA) is 96.6 Å². The number of nitrogens with zero attached hydrogens (tertiary/aromatic N) is 3. The van der Waals surface area contributed by atoms with Gasteiger partial charge < -0.3 is 10.0 Å². The summed E-state index contributed by atoms with van der Waals surface area (Å²) in [4.78, 5) is 28.9. The monoisotopic (exact) mass is 321 g/mol. The van der Waals surface area contributed by atoms with Crippen LogP contribution in [-0.2, 0) is 13.0 Å². The summed E-state index contributed by atoms with van der Waals surface area (Å²) >= 11 is 1.54. The molecule has 2 aromatic rings. The van der Waals surface area contributed by atoms with Crippen LogP contribution in [0, 0.1) is 10.1 Å². The van der Waals surface area contributed by atoms with Crippen molar-refractivity contribution in [1.82, 2.24) is 9.88 Å². The highest BCUT2D eigenvalue weighted by Gasteiger charge is 2.18. The number of phenolic OH excluding ortho intramolecular Hbond substituents is 1. The summed E-state index contributed by atoms with van der Waals surface area (Å²) in [6.07, 6.45) is 2.58. The molecule has 1 heterocycles. The zero-order valence-corrected chi connectivity index (χ0v) is 13.0. The molecule has 0 atom stereocenters. The second kappa shape index (κ2) is 6.52. The molecule has 0 aliphatic carbocycles. The quantitative estimate of drug-likeness (QED) is 0.674. The third-order valence-electron chi connectivity index (χ3n) is 3.06. The highest BCUT2D eigenvalue weighted by molar-refractivity contribution is 7.11. The smallest absolute Gasteiger partial charge is 0.310 e. The molecule has 116 valence electrons. The highest BCUT2D eigenvalue weighted by atomic mass is 32.1. The highest BCUT2D eigenvalue weighted by Crippen LogP contribution is 2.27. The van der Waals surface area contributed by atoms with Crippen LogP contribution in [0.15, 0.2) is 24.4 Å². The molecule has 0 saturated heterocycles. The number of amides is 1. The number of thiazole rings is 1. The van der Waals surface area contributed by atoms with Crippen LogP contribution in [0.1, 0.15) is 27.2 Å². The van der Waals surface area contributed by atoms with Crippen molar-refractivity contribution in [2.75, 3.05) is 7.05 Å². The molecular formula is C14H15N3O4S. The van der Waals surface area contributed by atoms with Crippen molar-refractivity contribution in [3.05, 3.63) is 50.0 Å². The van der Waals surface area contributed by atoms with Gasteiger partial charge in [0.2, 0.25) is 0 Å². The molecule has 0 saturated carbocycles. The second-order valence-corrected chi connectivity index (χ2v) is 5.90. The molecule has 0 bridgehead atoms. The molecule has 1 aromatic carbocycles. The molecule has 0 radical (unpaired) electrons. The summed E-state index contributed by atoms with van der Waals surface area (Å²) in [7, 11) is 1.63. The Kier molecular flexibility index (Phi) is 4.71. The molecule has 0 aliphatic rings. The Morgan fingerprint density at radius 2 is 2.23 bits per heavy atom. The molecule has 0 aliphatic heterocycles. The van der Waals surface area contributed by atoms with E-state index in [0.717, 1.165) is 28.4 Å². The van der Waals surface area contributed by atoms with Crippen LogP contribution >= 0.6 is 11.3 Å². The third kappa shape index (κ3) is 3.40. The molecule has 8 heteroatoms. The average Bonchev–Trinajstić information content (AvgIpc) is 2.93. The fourth-order valence-corrected chi connectivity index (χ4v) is 2.84. The van der Waals surface area contributed by atoms with Gasteiger partial charge in [-0.15, -0.1) is 11.3 Å². The molecule has 0 fully saturated rings. The number of nitro groups is 1. The Hall–Kier alpha value is -2.48. The van der Waals surface area contributed by atoms with Crippen molar-refractivity contribution in [2.24, 2.45) is 0 Å². The molecule has 0 spiro atoms. The standard InChI is InChI=1S/C14H15N3O4S/c1-3-13-15-7-10(22-13)8-16(2)14(19)9-4-5-11(17(20)21)12(18)6-9/h4-7,18H,3,8H2,1-2H3. The van der Waals surface area contributed by atoms with E-state index >= 15 is 0 Å². The minimum atomic E-state index is -0.698. The average molecular weight is 321 g/mol. The molecular weight excluding hydrogens is 306 g/mol. The number of carbonyl (C=O) groups is 1.